The summed E-state index contributed by atoms with van der Waals surface area (Å²) in [5.74, 6) is -3.45. The van der Waals surface area contributed by atoms with Crippen molar-refractivity contribution in [2.45, 2.75) is 8.16 Å². The maximum absolute atomic E-state index is 12.0. The Balaban J connectivity index is 3.15. The van der Waals surface area contributed by atoms with Crippen molar-refractivity contribution in [1.82, 2.24) is 0 Å². The zero-order valence-corrected chi connectivity index (χ0v) is 15.2. The standard InChI is InChI=1S/C10H12O8S4/c1-15-5(11)9(6(12)16-2)19-21-10(22-20-9,7(13)17-3)8(14)18-4/h1-4H3. The van der Waals surface area contributed by atoms with Gasteiger partial charge in [-0.1, -0.05) is 0 Å². The highest BCUT2D eigenvalue weighted by molar-refractivity contribution is 8.95. The molecule has 22 heavy (non-hydrogen) atoms. The summed E-state index contributed by atoms with van der Waals surface area (Å²) in [4.78, 5) is 47.8. The molecule has 1 fully saturated rings. The van der Waals surface area contributed by atoms with Gasteiger partial charge in [-0.05, 0) is 43.2 Å². The van der Waals surface area contributed by atoms with E-state index in [1.165, 1.54) is 0 Å². The van der Waals surface area contributed by atoms with E-state index in [1.807, 2.05) is 0 Å². The first-order chi connectivity index (χ1) is 10.3. The lowest BCUT2D eigenvalue weighted by Gasteiger charge is -2.36. The molecule has 1 heterocycles. The molecule has 8 nitrogen and oxygen atoms in total. The molecular formula is C10H12O8S4. The summed E-state index contributed by atoms with van der Waals surface area (Å²) >= 11 is 0. The number of esters is 4. The van der Waals surface area contributed by atoms with E-state index in [9.17, 15) is 19.2 Å². The summed E-state index contributed by atoms with van der Waals surface area (Å²) in [6.07, 6.45) is 0. The van der Waals surface area contributed by atoms with Crippen molar-refractivity contribution in [3.63, 3.8) is 0 Å². The molecule has 0 N–H and O–H groups in total. The Labute approximate surface area is 141 Å². The van der Waals surface area contributed by atoms with Gasteiger partial charge in [-0.2, -0.15) is 0 Å². The van der Waals surface area contributed by atoms with Gasteiger partial charge in [0.15, 0.2) is 0 Å². The fourth-order valence-corrected chi connectivity index (χ4v) is 9.41. The Bertz CT molecular complexity index is 405. The lowest BCUT2D eigenvalue weighted by Crippen LogP contribution is -2.48. The van der Waals surface area contributed by atoms with Crippen LogP contribution in [0.2, 0.25) is 0 Å². The second-order valence-corrected chi connectivity index (χ2v) is 9.17. The molecule has 0 radical (unpaired) electrons. The summed E-state index contributed by atoms with van der Waals surface area (Å²) in [7, 11) is 7.18. The van der Waals surface area contributed by atoms with E-state index in [0.717, 1.165) is 28.4 Å². The maximum atomic E-state index is 12.0. The smallest absolute Gasteiger partial charge is 0.345 e. The van der Waals surface area contributed by atoms with Crippen LogP contribution >= 0.6 is 43.2 Å². The van der Waals surface area contributed by atoms with E-state index in [2.05, 4.69) is 18.9 Å². The summed E-state index contributed by atoms with van der Waals surface area (Å²) in [5.41, 5.74) is 0. The lowest BCUT2D eigenvalue weighted by atomic mass is 10.4. The van der Waals surface area contributed by atoms with Crippen LogP contribution in [0.5, 0.6) is 0 Å². The first-order valence-electron chi connectivity index (χ1n) is 5.42. The van der Waals surface area contributed by atoms with Crippen LogP contribution in [0.1, 0.15) is 0 Å². The topological polar surface area (TPSA) is 105 Å². The second-order valence-electron chi connectivity index (χ2n) is 3.53. The fraction of sp³-hybridized carbons (Fsp3) is 0.600. The van der Waals surface area contributed by atoms with Gasteiger partial charge in [0.2, 0.25) is 0 Å². The number of ether oxygens (including phenoxy) is 4. The van der Waals surface area contributed by atoms with Gasteiger partial charge in [0, 0.05) is 0 Å². The Kier molecular flexibility index (Phi) is 6.77. The minimum atomic E-state index is -1.76. The van der Waals surface area contributed by atoms with Gasteiger partial charge in [0.1, 0.15) is 0 Å². The van der Waals surface area contributed by atoms with Gasteiger partial charge >= 0.3 is 23.9 Å². The second kappa shape index (κ2) is 7.70. The molecule has 0 aromatic heterocycles. The van der Waals surface area contributed by atoms with Crippen LogP contribution in [0.25, 0.3) is 0 Å². The zero-order valence-electron chi connectivity index (χ0n) is 11.9. The van der Waals surface area contributed by atoms with Gasteiger partial charge < -0.3 is 18.9 Å². The minimum absolute atomic E-state index is 0.678. The van der Waals surface area contributed by atoms with Gasteiger partial charge in [-0.3, -0.25) is 0 Å². The van der Waals surface area contributed by atoms with Crippen LogP contribution in [0.4, 0.5) is 0 Å². The molecule has 0 bridgehead atoms. The minimum Gasteiger partial charge on any atom is -0.467 e. The van der Waals surface area contributed by atoms with E-state index in [0.29, 0.717) is 43.2 Å². The Morgan fingerprint density at radius 1 is 0.545 bits per heavy atom. The quantitative estimate of drug-likeness (QED) is 0.295. The average molecular weight is 388 g/mol. The number of methoxy groups -OCH3 is 4. The summed E-state index contributed by atoms with van der Waals surface area (Å²) in [5, 5.41) is 0. The van der Waals surface area contributed by atoms with E-state index in [4.69, 9.17) is 0 Å². The largest absolute Gasteiger partial charge is 0.467 e. The van der Waals surface area contributed by atoms with Gasteiger partial charge in [0.05, 0.1) is 28.4 Å². The maximum Gasteiger partial charge on any atom is 0.345 e. The van der Waals surface area contributed by atoms with Gasteiger partial charge in [-0.15, -0.1) is 0 Å². The number of rotatable bonds is 4. The highest BCUT2D eigenvalue weighted by Gasteiger charge is 2.63. The van der Waals surface area contributed by atoms with Crippen molar-refractivity contribution in [1.29, 1.82) is 0 Å². The van der Waals surface area contributed by atoms with Gasteiger partial charge in [0.25, 0.3) is 8.16 Å². The summed E-state index contributed by atoms with van der Waals surface area (Å²) < 4.78 is 15.0. The van der Waals surface area contributed by atoms with Crippen LogP contribution in [0.3, 0.4) is 0 Å². The monoisotopic (exact) mass is 388 g/mol. The third-order valence-corrected chi connectivity index (χ3v) is 10.6. The van der Waals surface area contributed by atoms with Crippen LogP contribution in [-0.2, 0) is 38.1 Å². The third kappa shape index (κ3) is 3.14. The average Bonchev–Trinajstić information content (AvgIpc) is 2.58. The highest BCUT2D eigenvalue weighted by atomic mass is 33.2. The van der Waals surface area contributed by atoms with Crippen molar-refractivity contribution in [3.8, 4) is 0 Å². The number of carbonyl (C=O) groups excluding carboxylic acids is 4. The number of hydrogen-bond acceptors (Lipinski definition) is 12. The zero-order chi connectivity index (χ0) is 17.0. The van der Waals surface area contributed by atoms with Gasteiger partial charge in [-0.25, -0.2) is 19.2 Å². The van der Waals surface area contributed by atoms with Crippen LogP contribution < -0.4 is 0 Å². The number of hydrogen-bond donors (Lipinski definition) is 0. The Morgan fingerprint density at radius 3 is 0.864 bits per heavy atom. The molecule has 12 heteroatoms. The molecule has 0 spiro atoms. The van der Waals surface area contributed by atoms with E-state index >= 15 is 0 Å². The summed E-state index contributed by atoms with van der Waals surface area (Å²) in [6.45, 7) is 0. The normalized spacial score (nSPS) is 18.7. The predicted molar refractivity (Wildman–Crippen MR) is 83.9 cm³/mol. The SMILES string of the molecule is COC(=O)C1(C(=O)OC)SSC(C(=O)OC)(C(=O)OC)SS1. The highest BCUT2D eigenvalue weighted by Crippen LogP contribution is 2.66. The molecular weight excluding hydrogens is 376 g/mol. The molecule has 0 saturated carbocycles. The first-order valence-corrected chi connectivity index (χ1v) is 9.72. The number of carbonyl (C=O) groups is 4. The molecule has 0 unspecified atom stereocenters. The summed E-state index contributed by atoms with van der Waals surface area (Å²) in [6, 6.07) is 0. The van der Waals surface area contributed by atoms with E-state index in [1.54, 1.807) is 0 Å². The molecule has 1 aliphatic rings. The molecule has 0 aromatic rings. The Hall–Kier alpha value is -0.720. The van der Waals surface area contributed by atoms with Crippen molar-refractivity contribution in [2.24, 2.45) is 0 Å². The van der Waals surface area contributed by atoms with Crippen molar-refractivity contribution < 1.29 is 38.1 Å². The van der Waals surface area contributed by atoms with E-state index < -0.39 is 32.0 Å². The van der Waals surface area contributed by atoms with Crippen LogP contribution in [0.15, 0.2) is 0 Å². The fourth-order valence-electron chi connectivity index (χ4n) is 1.24. The third-order valence-electron chi connectivity index (χ3n) is 2.37. The molecule has 0 aromatic carbocycles. The van der Waals surface area contributed by atoms with Crippen LogP contribution in [-0.4, -0.2) is 60.5 Å². The van der Waals surface area contributed by atoms with Crippen molar-refractivity contribution >= 4 is 67.1 Å². The molecule has 1 saturated heterocycles. The molecule has 124 valence electrons. The first kappa shape index (κ1) is 19.3. The van der Waals surface area contributed by atoms with E-state index in [-0.39, 0.29) is 0 Å². The van der Waals surface area contributed by atoms with Crippen LogP contribution in [0, 0.1) is 0 Å². The molecule has 0 amide bonds. The predicted octanol–water partition coefficient (Wildman–Crippen LogP) is 0.847. The lowest BCUT2D eigenvalue weighted by molar-refractivity contribution is -0.153. The molecule has 1 rings (SSSR count). The van der Waals surface area contributed by atoms with Crippen molar-refractivity contribution in [2.75, 3.05) is 28.4 Å². The molecule has 0 aliphatic carbocycles. The van der Waals surface area contributed by atoms with Crippen molar-refractivity contribution in [3.05, 3.63) is 0 Å². The Morgan fingerprint density at radius 2 is 0.727 bits per heavy atom. The molecule has 0 atom stereocenters. The molecule has 1 aliphatic heterocycles.